The molecule has 0 saturated heterocycles. The molecular formula is C16H20ClNO2. The van der Waals surface area contributed by atoms with Crippen LogP contribution in [-0.4, -0.2) is 24.3 Å². The molecule has 0 atom stereocenters. The minimum Gasteiger partial charge on any atom is -0.477 e. The average molecular weight is 294 g/mol. The molecule has 20 heavy (non-hydrogen) atoms. The normalized spacial score (nSPS) is 11.8. The third-order valence-corrected chi connectivity index (χ3v) is 3.66. The summed E-state index contributed by atoms with van der Waals surface area (Å²) < 4.78 is 11.2. The summed E-state index contributed by atoms with van der Waals surface area (Å²) in [5, 5.41) is 2.11. The van der Waals surface area contributed by atoms with Gasteiger partial charge in [-0.05, 0) is 31.4 Å². The molecule has 0 bridgehead atoms. The molecule has 0 aliphatic rings. The molecule has 0 saturated carbocycles. The molecule has 1 heterocycles. The maximum Gasteiger partial charge on any atom is 0.221 e. The van der Waals surface area contributed by atoms with Crippen LogP contribution in [-0.2, 0) is 10.6 Å². The Morgan fingerprint density at radius 3 is 2.70 bits per heavy atom. The first-order chi connectivity index (χ1) is 9.55. The number of hydrogen-bond donors (Lipinski definition) is 0. The molecule has 4 heteroatoms. The van der Waals surface area contributed by atoms with E-state index >= 15 is 0 Å². The summed E-state index contributed by atoms with van der Waals surface area (Å²) in [5.74, 6) is 1.02. The van der Waals surface area contributed by atoms with Gasteiger partial charge in [-0.2, -0.15) is 0 Å². The second-order valence-corrected chi connectivity index (χ2v) is 5.60. The third kappa shape index (κ3) is 3.62. The number of hydrogen-bond acceptors (Lipinski definition) is 3. The summed E-state index contributed by atoms with van der Waals surface area (Å²) in [6.07, 6.45) is 0.796. The van der Waals surface area contributed by atoms with E-state index in [9.17, 15) is 0 Å². The van der Waals surface area contributed by atoms with Gasteiger partial charge in [-0.1, -0.05) is 18.2 Å². The molecule has 0 radical (unpaired) electrons. The van der Waals surface area contributed by atoms with Crippen LogP contribution in [0.1, 0.15) is 26.0 Å². The van der Waals surface area contributed by atoms with E-state index in [1.807, 2.05) is 44.2 Å². The Labute approximate surface area is 124 Å². The number of nitrogens with zero attached hydrogens (tertiary/aromatic N) is 1. The van der Waals surface area contributed by atoms with Gasteiger partial charge in [0.05, 0.1) is 23.8 Å². The summed E-state index contributed by atoms with van der Waals surface area (Å²) in [7, 11) is 1.71. The Morgan fingerprint density at radius 1 is 1.25 bits per heavy atom. The maximum absolute atomic E-state index is 5.89. The summed E-state index contributed by atoms with van der Waals surface area (Å²) in [4.78, 5) is 4.47. The molecule has 0 spiro atoms. The van der Waals surface area contributed by atoms with Crippen LogP contribution in [0.5, 0.6) is 5.88 Å². The van der Waals surface area contributed by atoms with Crippen molar-refractivity contribution < 1.29 is 9.47 Å². The number of ether oxygens (including phenoxy) is 2. The van der Waals surface area contributed by atoms with Crippen LogP contribution < -0.4 is 4.74 Å². The zero-order valence-corrected chi connectivity index (χ0v) is 12.9. The van der Waals surface area contributed by atoms with Crippen LogP contribution in [0.2, 0.25) is 0 Å². The van der Waals surface area contributed by atoms with Gasteiger partial charge in [0.1, 0.15) is 0 Å². The van der Waals surface area contributed by atoms with Crippen molar-refractivity contribution in [2.24, 2.45) is 0 Å². The number of fused-ring (bicyclic) bond motifs is 1. The first-order valence-corrected chi connectivity index (χ1v) is 7.22. The Hall–Kier alpha value is -1.32. The first-order valence-electron chi connectivity index (χ1n) is 6.68. The Kier molecular flexibility index (Phi) is 4.84. The molecule has 2 aromatic rings. The SMILES string of the molecule is COC(C)(C)CCOc1nc(CCl)cc2ccccc12. The highest BCUT2D eigenvalue weighted by molar-refractivity contribution is 6.17. The van der Waals surface area contributed by atoms with Gasteiger partial charge in [0.2, 0.25) is 5.88 Å². The van der Waals surface area contributed by atoms with Crippen molar-refractivity contribution >= 4 is 22.4 Å². The Morgan fingerprint density at radius 2 is 2.00 bits per heavy atom. The lowest BCUT2D eigenvalue weighted by Crippen LogP contribution is -2.25. The Balaban J connectivity index is 2.20. The predicted octanol–water partition coefficient (Wildman–Crippen LogP) is 4.17. The molecule has 2 rings (SSSR count). The van der Waals surface area contributed by atoms with E-state index in [1.165, 1.54) is 0 Å². The summed E-state index contributed by atoms with van der Waals surface area (Å²) in [6.45, 7) is 4.64. The van der Waals surface area contributed by atoms with Gasteiger partial charge in [-0.25, -0.2) is 4.98 Å². The molecule has 0 aliphatic carbocycles. The van der Waals surface area contributed by atoms with Crippen molar-refractivity contribution in [1.29, 1.82) is 0 Å². The lowest BCUT2D eigenvalue weighted by molar-refractivity contribution is 0.00522. The van der Waals surface area contributed by atoms with E-state index in [4.69, 9.17) is 21.1 Å². The van der Waals surface area contributed by atoms with Gasteiger partial charge < -0.3 is 9.47 Å². The number of rotatable bonds is 6. The molecule has 0 unspecified atom stereocenters. The highest BCUT2D eigenvalue weighted by Gasteiger charge is 2.16. The van der Waals surface area contributed by atoms with Crippen molar-refractivity contribution in [3.8, 4) is 5.88 Å². The highest BCUT2D eigenvalue weighted by Crippen LogP contribution is 2.25. The van der Waals surface area contributed by atoms with Crippen molar-refractivity contribution in [2.75, 3.05) is 13.7 Å². The minimum atomic E-state index is -0.195. The van der Waals surface area contributed by atoms with Gasteiger partial charge in [0.25, 0.3) is 0 Å². The zero-order chi connectivity index (χ0) is 14.6. The standard InChI is InChI=1S/C16H20ClNO2/c1-16(2,19-3)8-9-20-15-14-7-5-4-6-12(14)10-13(11-17)18-15/h4-7,10H,8-9,11H2,1-3H3. The predicted molar refractivity (Wildman–Crippen MR) is 82.5 cm³/mol. The Bertz CT molecular complexity index is 584. The average Bonchev–Trinajstić information content (AvgIpc) is 2.46. The monoisotopic (exact) mass is 293 g/mol. The fourth-order valence-corrected chi connectivity index (χ4v) is 2.03. The third-order valence-electron chi connectivity index (χ3n) is 3.39. The van der Waals surface area contributed by atoms with Gasteiger partial charge in [0, 0.05) is 18.9 Å². The molecule has 108 valence electrons. The molecule has 3 nitrogen and oxygen atoms in total. The van der Waals surface area contributed by atoms with Crippen LogP contribution in [0.15, 0.2) is 30.3 Å². The number of methoxy groups -OCH3 is 1. The highest BCUT2D eigenvalue weighted by atomic mass is 35.5. The van der Waals surface area contributed by atoms with Gasteiger partial charge in [-0.3, -0.25) is 0 Å². The fraction of sp³-hybridized carbons (Fsp3) is 0.438. The molecule has 0 aliphatic heterocycles. The second kappa shape index (κ2) is 6.42. The lowest BCUT2D eigenvalue weighted by Gasteiger charge is -2.22. The molecule has 0 fully saturated rings. The number of benzene rings is 1. The fourth-order valence-electron chi connectivity index (χ4n) is 1.89. The summed E-state index contributed by atoms with van der Waals surface area (Å²) in [6, 6.07) is 10.0. The maximum atomic E-state index is 5.89. The van der Waals surface area contributed by atoms with E-state index in [0.717, 1.165) is 22.9 Å². The largest absolute Gasteiger partial charge is 0.477 e. The van der Waals surface area contributed by atoms with Crippen molar-refractivity contribution in [2.45, 2.75) is 31.7 Å². The molecule has 0 N–H and O–H groups in total. The van der Waals surface area contributed by atoms with Crippen LogP contribution in [0.3, 0.4) is 0 Å². The van der Waals surface area contributed by atoms with Gasteiger partial charge in [0.15, 0.2) is 0 Å². The van der Waals surface area contributed by atoms with Crippen molar-refractivity contribution in [1.82, 2.24) is 4.98 Å². The number of halogens is 1. The molecule has 0 amide bonds. The van der Waals surface area contributed by atoms with E-state index in [-0.39, 0.29) is 5.60 Å². The molecule has 1 aromatic heterocycles. The topological polar surface area (TPSA) is 31.4 Å². The van der Waals surface area contributed by atoms with Crippen molar-refractivity contribution in [3.05, 3.63) is 36.0 Å². The molecule has 1 aromatic carbocycles. The lowest BCUT2D eigenvalue weighted by atomic mass is 10.1. The smallest absolute Gasteiger partial charge is 0.221 e. The van der Waals surface area contributed by atoms with E-state index in [0.29, 0.717) is 18.4 Å². The van der Waals surface area contributed by atoms with Crippen LogP contribution in [0.25, 0.3) is 10.8 Å². The zero-order valence-electron chi connectivity index (χ0n) is 12.1. The summed E-state index contributed by atoms with van der Waals surface area (Å²) >= 11 is 5.89. The van der Waals surface area contributed by atoms with Gasteiger partial charge >= 0.3 is 0 Å². The number of aromatic nitrogens is 1. The van der Waals surface area contributed by atoms with Crippen LogP contribution >= 0.6 is 11.6 Å². The van der Waals surface area contributed by atoms with E-state index in [1.54, 1.807) is 7.11 Å². The van der Waals surface area contributed by atoms with Gasteiger partial charge in [-0.15, -0.1) is 11.6 Å². The first kappa shape index (κ1) is 15.1. The minimum absolute atomic E-state index is 0.195. The number of alkyl halides is 1. The van der Waals surface area contributed by atoms with Crippen LogP contribution in [0.4, 0.5) is 0 Å². The molecular weight excluding hydrogens is 274 g/mol. The quantitative estimate of drug-likeness (QED) is 0.749. The number of pyridine rings is 1. The van der Waals surface area contributed by atoms with E-state index < -0.39 is 0 Å². The second-order valence-electron chi connectivity index (χ2n) is 5.34. The van der Waals surface area contributed by atoms with Crippen LogP contribution in [0, 0.1) is 0 Å². The summed E-state index contributed by atoms with van der Waals surface area (Å²) in [5.41, 5.74) is 0.631. The van der Waals surface area contributed by atoms with Crippen molar-refractivity contribution in [3.63, 3.8) is 0 Å². The van der Waals surface area contributed by atoms with E-state index in [2.05, 4.69) is 4.98 Å².